The first-order valence-electron chi connectivity index (χ1n) is 6.89. The zero-order valence-electron chi connectivity index (χ0n) is 12.5. The Morgan fingerprint density at radius 2 is 1.95 bits per heavy atom. The molecular weight excluding hydrogens is 308 g/mol. The Morgan fingerprint density at radius 1 is 1.18 bits per heavy atom. The lowest BCUT2D eigenvalue weighted by molar-refractivity contribution is -0.136. The fourth-order valence-electron chi connectivity index (χ4n) is 2.32. The number of fused-ring (bicyclic) bond motifs is 1. The first-order valence-corrected chi connectivity index (χ1v) is 7.71. The quantitative estimate of drug-likeness (QED) is 0.472. The molecule has 1 aliphatic carbocycles. The second-order valence-corrected chi connectivity index (χ2v) is 5.86. The number of amides is 2. The van der Waals surface area contributed by atoms with Crippen molar-refractivity contribution in [2.24, 2.45) is 0 Å². The molecule has 7 nitrogen and oxygen atoms in total. The molecule has 1 aromatic rings. The summed E-state index contributed by atoms with van der Waals surface area (Å²) in [5, 5.41) is 5.31. The summed E-state index contributed by atoms with van der Waals surface area (Å²) in [6.07, 6.45) is 2.64. The number of anilines is 1. The summed E-state index contributed by atoms with van der Waals surface area (Å²) < 4.78 is 9.57. The van der Waals surface area contributed by atoms with Crippen molar-refractivity contribution in [3.8, 4) is 0 Å². The van der Waals surface area contributed by atoms with Crippen LogP contribution in [0.5, 0.6) is 0 Å². The summed E-state index contributed by atoms with van der Waals surface area (Å²) in [7, 11) is 2.80. The molecular formula is C14H18N2O5S. The first kappa shape index (κ1) is 16.4. The van der Waals surface area contributed by atoms with Crippen LogP contribution in [0.25, 0.3) is 0 Å². The minimum atomic E-state index is -0.804. The molecule has 0 unspecified atom stereocenters. The maximum atomic E-state index is 11.9. The number of hydrogen-bond donors (Lipinski definition) is 2. The standard InChI is InChI=1S/C14H18N2O5S/c1-20-7-6-15-11(17)12(18)16-13-10(14(19)21-2)8-4-3-5-9(8)22-13/h3-7H2,1-2H3,(H,15,17)(H,16,18). The third-order valence-electron chi connectivity index (χ3n) is 3.34. The number of carbonyl (C=O) groups is 3. The van der Waals surface area contributed by atoms with Gasteiger partial charge in [0, 0.05) is 18.5 Å². The fraction of sp³-hybridized carbons (Fsp3) is 0.500. The van der Waals surface area contributed by atoms with Crippen LogP contribution in [0.1, 0.15) is 27.2 Å². The Hall–Kier alpha value is -1.93. The van der Waals surface area contributed by atoms with E-state index in [-0.39, 0.29) is 6.54 Å². The average molecular weight is 326 g/mol. The highest BCUT2D eigenvalue weighted by atomic mass is 32.1. The average Bonchev–Trinajstić information content (AvgIpc) is 3.07. The number of ether oxygens (including phenoxy) is 2. The van der Waals surface area contributed by atoms with Crippen LogP contribution in [0.2, 0.25) is 0 Å². The number of thiophene rings is 1. The van der Waals surface area contributed by atoms with Crippen molar-refractivity contribution in [1.29, 1.82) is 0 Å². The summed E-state index contributed by atoms with van der Waals surface area (Å²) in [5.74, 6) is -2.06. The van der Waals surface area contributed by atoms with Gasteiger partial charge in [0.05, 0.1) is 19.3 Å². The van der Waals surface area contributed by atoms with Crippen LogP contribution in [0.4, 0.5) is 5.00 Å². The first-order chi connectivity index (χ1) is 10.6. The molecule has 0 saturated carbocycles. The van der Waals surface area contributed by atoms with E-state index in [1.165, 1.54) is 25.6 Å². The molecule has 0 fully saturated rings. The number of carbonyl (C=O) groups excluding carboxylic acids is 3. The van der Waals surface area contributed by atoms with E-state index >= 15 is 0 Å². The van der Waals surface area contributed by atoms with Gasteiger partial charge in [0.25, 0.3) is 0 Å². The molecule has 0 aliphatic heterocycles. The predicted octanol–water partition coefficient (Wildman–Crippen LogP) is 0.724. The van der Waals surface area contributed by atoms with Gasteiger partial charge in [-0.25, -0.2) is 4.79 Å². The molecule has 2 rings (SSSR count). The van der Waals surface area contributed by atoms with Crippen LogP contribution in [-0.4, -0.2) is 45.2 Å². The van der Waals surface area contributed by atoms with Gasteiger partial charge in [0.2, 0.25) is 0 Å². The molecule has 0 spiro atoms. The highest BCUT2D eigenvalue weighted by molar-refractivity contribution is 7.17. The molecule has 1 heterocycles. The van der Waals surface area contributed by atoms with Crippen LogP contribution in [0, 0.1) is 0 Å². The van der Waals surface area contributed by atoms with E-state index in [1.54, 1.807) is 0 Å². The Balaban J connectivity index is 2.11. The van der Waals surface area contributed by atoms with Crippen molar-refractivity contribution in [3.05, 3.63) is 16.0 Å². The van der Waals surface area contributed by atoms with Crippen LogP contribution < -0.4 is 10.6 Å². The molecule has 22 heavy (non-hydrogen) atoms. The molecule has 2 amide bonds. The normalized spacial score (nSPS) is 12.6. The van der Waals surface area contributed by atoms with Crippen LogP contribution in [-0.2, 0) is 31.9 Å². The molecule has 1 aliphatic rings. The Bertz CT molecular complexity index is 596. The van der Waals surface area contributed by atoms with E-state index in [4.69, 9.17) is 9.47 Å². The molecule has 2 N–H and O–H groups in total. The SMILES string of the molecule is COCCNC(=O)C(=O)Nc1sc2c(c1C(=O)OC)CCC2. The van der Waals surface area contributed by atoms with Gasteiger partial charge in [-0.3, -0.25) is 9.59 Å². The molecule has 1 aromatic heterocycles. The van der Waals surface area contributed by atoms with Crippen LogP contribution >= 0.6 is 11.3 Å². The number of methoxy groups -OCH3 is 2. The molecule has 0 atom stereocenters. The zero-order valence-corrected chi connectivity index (χ0v) is 13.3. The predicted molar refractivity (Wildman–Crippen MR) is 81.2 cm³/mol. The number of nitrogens with one attached hydrogen (secondary N) is 2. The number of esters is 1. The summed E-state index contributed by atoms with van der Waals surface area (Å²) in [5.41, 5.74) is 1.30. The van der Waals surface area contributed by atoms with Gasteiger partial charge < -0.3 is 20.1 Å². The lowest BCUT2D eigenvalue weighted by atomic mass is 10.1. The van der Waals surface area contributed by atoms with Crippen LogP contribution in [0.3, 0.4) is 0 Å². The number of rotatable bonds is 5. The van der Waals surface area contributed by atoms with Crippen molar-refractivity contribution in [2.75, 3.05) is 32.7 Å². The highest BCUT2D eigenvalue weighted by Gasteiger charge is 2.28. The Kier molecular flexibility index (Phi) is 5.51. The molecule has 120 valence electrons. The molecule has 0 aromatic carbocycles. The van der Waals surface area contributed by atoms with E-state index in [9.17, 15) is 14.4 Å². The lowest BCUT2D eigenvalue weighted by Crippen LogP contribution is -2.37. The summed E-state index contributed by atoms with van der Waals surface area (Å²) in [6, 6.07) is 0. The van der Waals surface area contributed by atoms with Crippen molar-refractivity contribution in [3.63, 3.8) is 0 Å². The van der Waals surface area contributed by atoms with E-state index in [1.807, 2.05) is 0 Å². The lowest BCUT2D eigenvalue weighted by Gasteiger charge is -2.07. The van der Waals surface area contributed by atoms with Gasteiger partial charge in [-0.15, -0.1) is 11.3 Å². The molecule has 0 bridgehead atoms. The van der Waals surface area contributed by atoms with Crippen molar-refractivity contribution >= 4 is 34.1 Å². The molecule has 0 radical (unpaired) electrons. The van der Waals surface area contributed by atoms with Crippen LogP contribution in [0.15, 0.2) is 0 Å². The van der Waals surface area contributed by atoms with E-state index < -0.39 is 17.8 Å². The van der Waals surface area contributed by atoms with Gasteiger partial charge in [-0.05, 0) is 24.8 Å². The Morgan fingerprint density at radius 3 is 2.64 bits per heavy atom. The minimum absolute atomic E-state index is 0.244. The minimum Gasteiger partial charge on any atom is -0.465 e. The smallest absolute Gasteiger partial charge is 0.341 e. The van der Waals surface area contributed by atoms with E-state index in [2.05, 4.69) is 10.6 Å². The highest BCUT2D eigenvalue weighted by Crippen LogP contribution is 2.39. The second-order valence-electron chi connectivity index (χ2n) is 4.76. The van der Waals surface area contributed by atoms with Crippen molar-refractivity contribution < 1.29 is 23.9 Å². The largest absolute Gasteiger partial charge is 0.465 e. The topological polar surface area (TPSA) is 93.7 Å². The second kappa shape index (κ2) is 7.37. The zero-order chi connectivity index (χ0) is 16.1. The van der Waals surface area contributed by atoms with Crippen molar-refractivity contribution in [2.45, 2.75) is 19.3 Å². The van der Waals surface area contributed by atoms with Gasteiger partial charge in [0.1, 0.15) is 5.00 Å². The van der Waals surface area contributed by atoms with E-state index in [0.717, 1.165) is 29.7 Å². The maximum absolute atomic E-state index is 11.9. The van der Waals surface area contributed by atoms with Crippen molar-refractivity contribution in [1.82, 2.24) is 5.32 Å². The monoisotopic (exact) mass is 326 g/mol. The maximum Gasteiger partial charge on any atom is 0.341 e. The van der Waals surface area contributed by atoms with Gasteiger partial charge in [-0.1, -0.05) is 0 Å². The van der Waals surface area contributed by atoms with Gasteiger partial charge in [-0.2, -0.15) is 0 Å². The summed E-state index contributed by atoms with van der Waals surface area (Å²) >= 11 is 1.33. The van der Waals surface area contributed by atoms with E-state index in [0.29, 0.717) is 17.2 Å². The fourth-order valence-corrected chi connectivity index (χ4v) is 3.59. The molecule has 0 saturated heterocycles. The molecule has 8 heteroatoms. The third-order valence-corrected chi connectivity index (χ3v) is 4.54. The number of hydrogen-bond acceptors (Lipinski definition) is 6. The number of aryl methyl sites for hydroxylation is 1. The van der Waals surface area contributed by atoms with Gasteiger partial charge in [0.15, 0.2) is 0 Å². The Labute approximate surface area is 132 Å². The van der Waals surface area contributed by atoms with Gasteiger partial charge >= 0.3 is 17.8 Å². The summed E-state index contributed by atoms with van der Waals surface area (Å²) in [4.78, 5) is 36.5. The third kappa shape index (κ3) is 3.45. The summed E-state index contributed by atoms with van der Waals surface area (Å²) in [6.45, 7) is 0.563.